The zero-order chi connectivity index (χ0) is 14.0. The second-order valence-electron chi connectivity index (χ2n) is 7.17. The van der Waals surface area contributed by atoms with E-state index in [1.165, 1.54) is 19.3 Å². The van der Waals surface area contributed by atoms with Crippen LogP contribution in [0, 0.1) is 17.3 Å². The van der Waals surface area contributed by atoms with E-state index in [2.05, 4.69) is 27.7 Å². The summed E-state index contributed by atoms with van der Waals surface area (Å²) in [5.74, 6) is 0.433. The summed E-state index contributed by atoms with van der Waals surface area (Å²) in [6.07, 6.45) is 6.57. The Labute approximate surface area is 117 Å². The zero-order valence-electron chi connectivity index (χ0n) is 12.8. The number of unbranched alkanes of at least 4 members (excludes halogenated alkanes) is 1. The molecule has 1 saturated heterocycles. The lowest BCUT2D eigenvalue weighted by Crippen LogP contribution is -2.52. The SMILES string of the molecule is CCCCC1CCCC2OC(C(C)(C)C)OC(=O)C12. The number of cyclic esters (lactones) is 1. The molecule has 0 aromatic rings. The van der Waals surface area contributed by atoms with E-state index in [0.29, 0.717) is 5.92 Å². The first-order valence-corrected chi connectivity index (χ1v) is 7.79. The lowest BCUT2D eigenvalue weighted by atomic mass is 9.74. The van der Waals surface area contributed by atoms with Gasteiger partial charge in [-0.25, -0.2) is 0 Å². The second kappa shape index (κ2) is 5.82. The topological polar surface area (TPSA) is 35.5 Å². The molecule has 0 bridgehead atoms. The standard InChI is InChI=1S/C16H28O3/c1-5-6-8-11-9-7-10-12-13(11)14(17)19-15(18-12)16(2,3)4/h11-13,15H,5-10H2,1-4H3. The third kappa shape index (κ3) is 3.31. The molecule has 0 aromatic carbocycles. The van der Waals surface area contributed by atoms with Gasteiger partial charge in [-0.2, -0.15) is 0 Å². The van der Waals surface area contributed by atoms with Crippen molar-refractivity contribution >= 4 is 5.97 Å². The molecule has 3 nitrogen and oxygen atoms in total. The minimum atomic E-state index is -0.383. The Morgan fingerprint density at radius 3 is 2.63 bits per heavy atom. The Balaban J connectivity index is 2.06. The molecule has 1 saturated carbocycles. The van der Waals surface area contributed by atoms with Crippen molar-refractivity contribution in [1.29, 1.82) is 0 Å². The molecule has 2 rings (SSSR count). The number of hydrogen-bond acceptors (Lipinski definition) is 3. The van der Waals surface area contributed by atoms with Gasteiger partial charge in [0.1, 0.15) is 0 Å². The van der Waals surface area contributed by atoms with Crippen molar-refractivity contribution in [3.8, 4) is 0 Å². The Morgan fingerprint density at radius 1 is 1.26 bits per heavy atom. The zero-order valence-corrected chi connectivity index (χ0v) is 12.8. The van der Waals surface area contributed by atoms with Gasteiger partial charge >= 0.3 is 5.97 Å². The molecule has 4 atom stereocenters. The Kier molecular flexibility index (Phi) is 4.54. The van der Waals surface area contributed by atoms with Crippen LogP contribution in [0.5, 0.6) is 0 Å². The van der Waals surface area contributed by atoms with E-state index in [1.807, 2.05) is 0 Å². The van der Waals surface area contributed by atoms with Crippen molar-refractivity contribution in [2.75, 3.05) is 0 Å². The highest BCUT2D eigenvalue weighted by Gasteiger charge is 2.47. The molecular formula is C16H28O3. The monoisotopic (exact) mass is 268 g/mol. The second-order valence-corrected chi connectivity index (χ2v) is 7.17. The Hall–Kier alpha value is -0.570. The fourth-order valence-corrected chi connectivity index (χ4v) is 3.28. The van der Waals surface area contributed by atoms with Crippen LogP contribution < -0.4 is 0 Å². The van der Waals surface area contributed by atoms with Crippen molar-refractivity contribution in [3.63, 3.8) is 0 Å². The van der Waals surface area contributed by atoms with Gasteiger partial charge in [0.25, 0.3) is 0 Å². The first-order chi connectivity index (χ1) is 8.93. The van der Waals surface area contributed by atoms with E-state index >= 15 is 0 Å². The van der Waals surface area contributed by atoms with E-state index in [9.17, 15) is 4.79 Å². The van der Waals surface area contributed by atoms with E-state index in [4.69, 9.17) is 9.47 Å². The van der Waals surface area contributed by atoms with E-state index in [-0.39, 0.29) is 29.7 Å². The highest BCUT2D eigenvalue weighted by Crippen LogP contribution is 2.42. The Bertz CT molecular complexity index is 318. The molecule has 1 heterocycles. The molecule has 0 aromatic heterocycles. The smallest absolute Gasteiger partial charge is 0.314 e. The molecule has 0 radical (unpaired) electrons. The molecule has 0 N–H and O–H groups in total. The third-order valence-corrected chi connectivity index (χ3v) is 4.40. The molecule has 0 spiro atoms. The van der Waals surface area contributed by atoms with Crippen LogP contribution >= 0.6 is 0 Å². The first-order valence-electron chi connectivity index (χ1n) is 7.79. The van der Waals surface area contributed by atoms with Crippen molar-refractivity contribution < 1.29 is 14.3 Å². The number of ether oxygens (including phenoxy) is 2. The van der Waals surface area contributed by atoms with Gasteiger partial charge in [-0.15, -0.1) is 0 Å². The molecule has 2 aliphatic rings. The van der Waals surface area contributed by atoms with Crippen LogP contribution in [0.4, 0.5) is 0 Å². The maximum atomic E-state index is 12.4. The number of carbonyl (C=O) groups excluding carboxylic acids is 1. The minimum Gasteiger partial charge on any atom is -0.435 e. The number of esters is 1. The molecule has 19 heavy (non-hydrogen) atoms. The van der Waals surface area contributed by atoms with Crippen LogP contribution in [0.2, 0.25) is 0 Å². The number of rotatable bonds is 3. The van der Waals surface area contributed by atoms with Crippen LogP contribution in [0.25, 0.3) is 0 Å². The molecule has 1 aliphatic carbocycles. The van der Waals surface area contributed by atoms with Gasteiger partial charge in [0, 0.05) is 5.41 Å². The van der Waals surface area contributed by atoms with Crippen molar-refractivity contribution in [3.05, 3.63) is 0 Å². The Morgan fingerprint density at radius 2 is 2.00 bits per heavy atom. The van der Waals surface area contributed by atoms with Gasteiger partial charge in [-0.3, -0.25) is 4.79 Å². The molecule has 4 unspecified atom stereocenters. The largest absolute Gasteiger partial charge is 0.435 e. The van der Waals surface area contributed by atoms with Crippen LogP contribution in [-0.2, 0) is 14.3 Å². The third-order valence-electron chi connectivity index (χ3n) is 4.40. The predicted molar refractivity (Wildman–Crippen MR) is 74.6 cm³/mol. The summed E-state index contributed by atoms with van der Waals surface area (Å²) in [5, 5.41) is 0. The van der Waals surface area contributed by atoms with Crippen LogP contribution in [0.1, 0.15) is 66.2 Å². The summed E-state index contributed by atoms with van der Waals surface area (Å²) in [7, 11) is 0. The van der Waals surface area contributed by atoms with Gasteiger partial charge in [0.15, 0.2) is 0 Å². The fraction of sp³-hybridized carbons (Fsp3) is 0.938. The summed E-state index contributed by atoms with van der Waals surface area (Å²) in [5.41, 5.74) is -0.142. The lowest BCUT2D eigenvalue weighted by molar-refractivity contribution is -0.267. The summed E-state index contributed by atoms with van der Waals surface area (Å²) >= 11 is 0. The van der Waals surface area contributed by atoms with E-state index in [1.54, 1.807) is 0 Å². The van der Waals surface area contributed by atoms with Gasteiger partial charge in [0.05, 0.1) is 12.0 Å². The molecule has 0 amide bonds. The first kappa shape index (κ1) is 14.8. The molecule has 3 heteroatoms. The fourth-order valence-electron chi connectivity index (χ4n) is 3.28. The molecule has 110 valence electrons. The highest BCUT2D eigenvalue weighted by molar-refractivity contribution is 5.74. The van der Waals surface area contributed by atoms with Crippen molar-refractivity contribution in [2.24, 2.45) is 17.3 Å². The average Bonchev–Trinajstić information content (AvgIpc) is 2.34. The molecule has 1 aliphatic heterocycles. The maximum absolute atomic E-state index is 12.4. The van der Waals surface area contributed by atoms with Gasteiger partial charge in [0.2, 0.25) is 6.29 Å². The predicted octanol–water partition coefficient (Wildman–Crippen LogP) is 3.91. The summed E-state index contributed by atoms with van der Waals surface area (Å²) in [4.78, 5) is 12.4. The number of fused-ring (bicyclic) bond motifs is 1. The highest BCUT2D eigenvalue weighted by atomic mass is 16.7. The van der Waals surface area contributed by atoms with Crippen molar-refractivity contribution in [2.45, 2.75) is 78.6 Å². The van der Waals surface area contributed by atoms with Gasteiger partial charge < -0.3 is 9.47 Å². The minimum absolute atomic E-state index is 0.0149. The maximum Gasteiger partial charge on any atom is 0.314 e. The van der Waals surface area contributed by atoms with Crippen LogP contribution in [0.15, 0.2) is 0 Å². The normalized spacial score (nSPS) is 35.7. The van der Waals surface area contributed by atoms with Crippen LogP contribution in [0.3, 0.4) is 0 Å². The van der Waals surface area contributed by atoms with Gasteiger partial charge in [-0.05, 0) is 25.2 Å². The molecule has 2 fully saturated rings. The van der Waals surface area contributed by atoms with E-state index < -0.39 is 0 Å². The lowest BCUT2D eigenvalue weighted by Gasteiger charge is -2.45. The van der Waals surface area contributed by atoms with Crippen molar-refractivity contribution in [1.82, 2.24) is 0 Å². The summed E-state index contributed by atoms with van der Waals surface area (Å²) < 4.78 is 11.7. The average molecular weight is 268 g/mol. The quantitative estimate of drug-likeness (QED) is 0.728. The van der Waals surface area contributed by atoms with Crippen LogP contribution in [-0.4, -0.2) is 18.4 Å². The number of hydrogen-bond donors (Lipinski definition) is 0. The summed E-state index contributed by atoms with van der Waals surface area (Å²) in [6, 6.07) is 0. The summed E-state index contributed by atoms with van der Waals surface area (Å²) in [6.45, 7) is 8.37. The van der Waals surface area contributed by atoms with Gasteiger partial charge in [-0.1, -0.05) is 47.0 Å². The number of carbonyl (C=O) groups is 1. The van der Waals surface area contributed by atoms with E-state index in [0.717, 1.165) is 19.3 Å². The molecular weight excluding hydrogens is 240 g/mol.